The summed E-state index contributed by atoms with van der Waals surface area (Å²) in [6.07, 6.45) is 3.58. The first-order valence-electron chi connectivity index (χ1n) is 3.98. The summed E-state index contributed by atoms with van der Waals surface area (Å²) in [6, 6.07) is 1.95. The SMILES string of the molecule is Cc1cnccc1N(C)CCO. The average molecular weight is 166 g/mol. The molecule has 0 unspecified atom stereocenters. The maximum atomic E-state index is 8.73. The van der Waals surface area contributed by atoms with Gasteiger partial charge in [0.2, 0.25) is 0 Å². The highest BCUT2D eigenvalue weighted by atomic mass is 16.3. The summed E-state index contributed by atoms with van der Waals surface area (Å²) in [7, 11) is 1.96. The van der Waals surface area contributed by atoms with E-state index >= 15 is 0 Å². The zero-order chi connectivity index (χ0) is 8.97. The van der Waals surface area contributed by atoms with E-state index < -0.39 is 0 Å². The van der Waals surface area contributed by atoms with Crippen molar-refractivity contribution in [1.82, 2.24) is 4.98 Å². The third-order valence-corrected chi connectivity index (χ3v) is 1.84. The number of aromatic nitrogens is 1. The number of likely N-dealkylation sites (N-methyl/N-ethyl adjacent to an activating group) is 1. The van der Waals surface area contributed by atoms with Gasteiger partial charge < -0.3 is 10.0 Å². The van der Waals surface area contributed by atoms with Gasteiger partial charge in [0.1, 0.15) is 0 Å². The highest BCUT2D eigenvalue weighted by molar-refractivity contribution is 5.50. The second-order valence-electron chi connectivity index (χ2n) is 2.81. The van der Waals surface area contributed by atoms with Crippen molar-refractivity contribution < 1.29 is 5.11 Å². The van der Waals surface area contributed by atoms with Gasteiger partial charge in [0.05, 0.1) is 6.61 Å². The molecule has 66 valence electrons. The lowest BCUT2D eigenvalue weighted by Crippen LogP contribution is -2.21. The number of aliphatic hydroxyl groups is 1. The molecule has 0 fully saturated rings. The zero-order valence-corrected chi connectivity index (χ0v) is 7.49. The summed E-state index contributed by atoms with van der Waals surface area (Å²) in [6.45, 7) is 2.85. The molecule has 1 N–H and O–H groups in total. The predicted octanol–water partition coefficient (Wildman–Crippen LogP) is 0.819. The van der Waals surface area contributed by atoms with Gasteiger partial charge in [-0.2, -0.15) is 0 Å². The fourth-order valence-electron chi connectivity index (χ4n) is 1.16. The summed E-state index contributed by atoms with van der Waals surface area (Å²) < 4.78 is 0. The summed E-state index contributed by atoms with van der Waals surface area (Å²) in [5.41, 5.74) is 2.26. The Morgan fingerprint density at radius 3 is 2.92 bits per heavy atom. The highest BCUT2D eigenvalue weighted by Gasteiger charge is 2.01. The fraction of sp³-hybridized carbons (Fsp3) is 0.444. The third-order valence-electron chi connectivity index (χ3n) is 1.84. The lowest BCUT2D eigenvalue weighted by molar-refractivity contribution is 0.304. The van der Waals surface area contributed by atoms with Gasteiger partial charge in [0.25, 0.3) is 0 Å². The molecule has 1 aromatic rings. The van der Waals surface area contributed by atoms with Crippen LogP contribution in [0.4, 0.5) is 5.69 Å². The van der Waals surface area contributed by atoms with Crippen LogP contribution >= 0.6 is 0 Å². The number of hydrogen-bond donors (Lipinski definition) is 1. The minimum atomic E-state index is 0.179. The molecule has 0 amide bonds. The van der Waals surface area contributed by atoms with E-state index in [1.807, 2.05) is 31.1 Å². The maximum absolute atomic E-state index is 8.73. The van der Waals surface area contributed by atoms with Crippen molar-refractivity contribution in [2.75, 3.05) is 25.1 Å². The fourth-order valence-corrected chi connectivity index (χ4v) is 1.16. The molecule has 0 saturated heterocycles. The van der Waals surface area contributed by atoms with E-state index in [4.69, 9.17) is 5.11 Å². The van der Waals surface area contributed by atoms with Crippen molar-refractivity contribution in [1.29, 1.82) is 0 Å². The Labute approximate surface area is 72.7 Å². The van der Waals surface area contributed by atoms with Gasteiger partial charge in [-0.15, -0.1) is 0 Å². The van der Waals surface area contributed by atoms with E-state index in [0.717, 1.165) is 11.3 Å². The summed E-state index contributed by atoms with van der Waals surface area (Å²) in [5.74, 6) is 0. The number of hydrogen-bond acceptors (Lipinski definition) is 3. The van der Waals surface area contributed by atoms with Crippen LogP contribution in [0.2, 0.25) is 0 Å². The van der Waals surface area contributed by atoms with Crippen LogP contribution in [0.15, 0.2) is 18.5 Å². The molecule has 0 radical (unpaired) electrons. The van der Waals surface area contributed by atoms with E-state index in [1.165, 1.54) is 0 Å². The van der Waals surface area contributed by atoms with Gasteiger partial charge in [-0.25, -0.2) is 0 Å². The molecule has 3 heteroatoms. The number of anilines is 1. The second-order valence-corrected chi connectivity index (χ2v) is 2.81. The number of nitrogens with zero attached hydrogens (tertiary/aromatic N) is 2. The van der Waals surface area contributed by atoms with Gasteiger partial charge in [-0.05, 0) is 18.6 Å². The number of rotatable bonds is 3. The van der Waals surface area contributed by atoms with Gasteiger partial charge in [0.15, 0.2) is 0 Å². The summed E-state index contributed by atoms with van der Waals surface area (Å²) in [5, 5.41) is 8.73. The third kappa shape index (κ3) is 1.95. The standard InChI is InChI=1S/C9H14N2O/c1-8-7-10-4-3-9(8)11(2)5-6-12/h3-4,7,12H,5-6H2,1-2H3. The molecule has 12 heavy (non-hydrogen) atoms. The van der Waals surface area contributed by atoms with Crippen LogP contribution in [-0.4, -0.2) is 30.3 Å². The van der Waals surface area contributed by atoms with Gasteiger partial charge >= 0.3 is 0 Å². The van der Waals surface area contributed by atoms with Crippen molar-refractivity contribution in [2.45, 2.75) is 6.92 Å². The van der Waals surface area contributed by atoms with E-state index in [0.29, 0.717) is 6.54 Å². The van der Waals surface area contributed by atoms with E-state index in [2.05, 4.69) is 4.98 Å². The molecule has 0 aromatic carbocycles. The van der Waals surface area contributed by atoms with Crippen molar-refractivity contribution in [3.63, 3.8) is 0 Å². The van der Waals surface area contributed by atoms with Crippen molar-refractivity contribution in [2.24, 2.45) is 0 Å². The number of pyridine rings is 1. The Morgan fingerprint density at radius 2 is 2.33 bits per heavy atom. The average Bonchev–Trinajstić information content (AvgIpc) is 2.05. The normalized spacial score (nSPS) is 9.92. The van der Waals surface area contributed by atoms with Crippen LogP contribution in [0.5, 0.6) is 0 Å². The van der Waals surface area contributed by atoms with Gasteiger partial charge in [-0.3, -0.25) is 4.98 Å². The lowest BCUT2D eigenvalue weighted by atomic mass is 10.2. The molecule has 1 heterocycles. The number of aliphatic hydroxyl groups excluding tert-OH is 1. The molecule has 0 aliphatic rings. The van der Waals surface area contributed by atoms with Crippen molar-refractivity contribution in [3.05, 3.63) is 24.0 Å². The Balaban J connectivity index is 2.79. The molecule has 0 saturated carbocycles. The predicted molar refractivity (Wildman–Crippen MR) is 49.3 cm³/mol. The largest absolute Gasteiger partial charge is 0.395 e. The van der Waals surface area contributed by atoms with Gasteiger partial charge in [-0.1, -0.05) is 0 Å². The zero-order valence-electron chi connectivity index (χ0n) is 7.49. The molecule has 0 atom stereocenters. The molecule has 0 spiro atoms. The first kappa shape index (κ1) is 9.00. The van der Waals surface area contributed by atoms with E-state index in [9.17, 15) is 0 Å². The molecular formula is C9H14N2O. The van der Waals surface area contributed by atoms with E-state index in [1.54, 1.807) is 6.20 Å². The van der Waals surface area contributed by atoms with Crippen LogP contribution in [0.1, 0.15) is 5.56 Å². The Morgan fingerprint density at radius 1 is 1.58 bits per heavy atom. The quantitative estimate of drug-likeness (QED) is 0.722. The Kier molecular flexibility index (Phi) is 3.05. The minimum Gasteiger partial charge on any atom is -0.395 e. The first-order valence-corrected chi connectivity index (χ1v) is 3.98. The minimum absolute atomic E-state index is 0.179. The van der Waals surface area contributed by atoms with Crippen molar-refractivity contribution >= 4 is 5.69 Å². The monoisotopic (exact) mass is 166 g/mol. The molecule has 0 aliphatic carbocycles. The lowest BCUT2D eigenvalue weighted by Gasteiger charge is -2.19. The molecular weight excluding hydrogens is 152 g/mol. The number of aryl methyl sites for hydroxylation is 1. The Hall–Kier alpha value is -1.09. The first-order chi connectivity index (χ1) is 5.75. The van der Waals surface area contributed by atoms with Gasteiger partial charge in [0, 0.05) is 31.7 Å². The molecule has 1 aromatic heterocycles. The topological polar surface area (TPSA) is 36.4 Å². The summed E-state index contributed by atoms with van der Waals surface area (Å²) >= 11 is 0. The molecule has 3 nitrogen and oxygen atoms in total. The molecule has 1 rings (SSSR count). The van der Waals surface area contributed by atoms with Crippen LogP contribution < -0.4 is 4.90 Å². The Bertz CT molecular complexity index is 250. The van der Waals surface area contributed by atoms with Crippen molar-refractivity contribution in [3.8, 4) is 0 Å². The summed E-state index contributed by atoms with van der Waals surface area (Å²) in [4.78, 5) is 6.01. The second kappa shape index (κ2) is 4.07. The van der Waals surface area contributed by atoms with Crippen LogP contribution in [-0.2, 0) is 0 Å². The molecule has 0 aliphatic heterocycles. The molecule has 0 bridgehead atoms. The highest BCUT2D eigenvalue weighted by Crippen LogP contribution is 2.15. The maximum Gasteiger partial charge on any atom is 0.0606 e. The van der Waals surface area contributed by atoms with Crippen LogP contribution in [0.3, 0.4) is 0 Å². The van der Waals surface area contributed by atoms with Crippen LogP contribution in [0, 0.1) is 6.92 Å². The smallest absolute Gasteiger partial charge is 0.0606 e. The van der Waals surface area contributed by atoms with Crippen LogP contribution in [0.25, 0.3) is 0 Å². The van der Waals surface area contributed by atoms with E-state index in [-0.39, 0.29) is 6.61 Å².